The Morgan fingerprint density at radius 1 is 0.975 bits per heavy atom. The van der Waals surface area contributed by atoms with Gasteiger partial charge in [0.1, 0.15) is 5.60 Å². The SMILES string of the molecule is CC(C)(C)OC(=O)N1CCC/C(=C\c2cc(-c3ccccc3Cl)c3c(c2)N(c2c(Cl)cccc2Cl)C(=O)NC3)C1. The molecule has 3 aromatic carbocycles. The summed E-state index contributed by atoms with van der Waals surface area (Å²) in [5.74, 6) is 0. The van der Waals surface area contributed by atoms with Crippen molar-refractivity contribution in [1.29, 1.82) is 0 Å². The van der Waals surface area contributed by atoms with E-state index in [0.717, 1.165) is 40.7 Å². The molecule has 0 unspecified atom stereocenters. The summed E-state index contributed by atoms with van der Waals surface area (Å²) in [5.41, 5.74) is 5.11. The molecule has 0 bridgehead atoms. The number of piperidine rings is 1. The molecule has 1 fully saturated rings. The molecule has 2 aliphatic rings. The molecule has 2 heterocycles. The maximum atomic E-state index is 13.3. The number of hydrogen-bond donors (Lipinski definition) is 1. The zero-order valence-electron chi connectivity index (χ0n) is 22.6. The van der Waals surface area contributed by atoms with Crippen LogP contribution in [0.1, 0.15) is 44.7 Å². The van der Waals surface area contributed by atoms with Crippen LogP contribution in [0.3, 0.4) is 0 Å². The summed E-state index contributed by atoms with van der Waals surface area (Å²) in [5, 5.41) is 4.28. The number of ether oxygens (including phenoxy) is 1. The van der Waals surface area contributed by atoms with Gasteiger partial charge in [0.15, 0.2) is 0 Å². The van der Waals surface area contributed by atoms with Crippen LogP contribution in [0.15, 0.2) is 60.2 Å². The highest BCUT2D eigenvalue weighted by Gasteiger charge is 2.31. The van der Waals surface area contributed by atoms with Crippen molar-refractivity contribution in [3.63, 3.8) is 0 Å². The van der Waals surface area contributed by atoms with Crippen LogP contribution in [-0.4, -0.2) is 35.7 Å². The number of amides is 3. The normalized spacial score (nSPS) is 16.6. The molecule has 9 heteroatoms. The Balaban J connectivity index is 1.63. The van der Waals surface area contributed by atoms with E-state index >= 15 is 0 Å². The molecule has 3 aromatic rings. The molecular formula is C31H30Cl3N3O3. The van der Waals surface area contributed by atoms with Gasteiger partial charge in [-0.05, 0) is 75.1 Å². The molecule has 1 saturated heterocycles. The minimum Gasteiger partial charge on any atom is -0.444 e. The zero-order valence-corrected chi connectivity index (χ0v) is 24.8. The topological polar surface area (TPSA) is 61.9 Å². The zero-order chi connectivity index (χ0) is 28.6. The Labute approximate surface area is 249 Å². The van der Waals surface area contributed by atoms with Crippen molar-refractivity contribution < 1.29 is 14.3 Å². The number of para-hydroxylation sites is 1. The maximum absolute atomic E-state index is 13.3. The van der Waals surface area contributed by atoms with Crippen molar-refractivity contribution in [1.82, 2.24) is 10.2 Å². The van der Waals surface area contributed by atoms with Gasteiger partial charge in [0.25, 0.3) is 0 Å². The van der Waals surface area contributed by atoms with Crippen LogP contribution >= 0.6 is 34.8 Å². The molecule has 0 aliphatic carbocycles. The van der Waals surface area contributed by atoms with E-state index < -0.39 is 5.60 Å². The average molecular weight is 599 g/mol. The molecule has 0 atom stereocenters. The molecule has 6 nitrogen and oxygen atoms in total. The molecule has 5 rings (SSSR count). The number of benzene rings is 3. The number of halogens is 3. The van der Waals surface area contributed by atoms with Crippen molar-refractivity contribution in [3.05, 3.63) is 86.4 Å². The lowest BCUT2D eigenvalue weighted by Gasteiger charge is -2.33. The number of nitrogens with one attached hydrogen (secondary N) is 1. The van der Waals surface area contributed by atoms with Crippen LogP contribution in [-0.2, 0) is 11.3 Å². The van der Waals surface area contributed by atoms with Gasteiger partial charge in [-0.15, -0.1) is 0 Å². The number of nitrogens with zero attached hydrogens (tertiary/aromatic N) is 2. The van der Waals surface area contributed by atoms with E-state index in [1.807, 2.05) is 51.1 Å². The number of urea groups is 1. The van der Waals surface area contributed by atoms with Gasteiger partial charge in [-0.1, -0.05) is 70.7 Å². The van der Waals surface area contributed by atoms with Gasteiger partial charge >= 0.3 is 12.1 Å². The van der Waals surface area contributed by atoms with E-state index in [1.54, 1.807) is 23.1 Å². The Hall–Kier alpha value is -3.19. The first kappa shape index (κ1) is 28.3. The monoisotopic (exact) mass is 597 g/mol. The van der Waals surface area contributed by atoms with Crippen molar-refractivity contribution in [2.24, 2.45) is 0 Å². The second-order valence-electron chi connectivity index (χ2n) is 10.9. The summed E-state index contributed by atoms with van der Waals surface area (Å²) in [6, 6.07) is 16.5. The Morgan fingerprint density at radius 3 is 2.38 bits per heavy atom. The molecular weight excluding hydrogens is 569 g/mol. The van der Waals surface area contributed by atoms with E-state index in [-0.39, 0.29) is 12.1 Å². The van der Waals surface area contributed by atoms with Crippen molar-refractivity contribution in [2.45, 2.75) is 45.8 Å². The molecule has 0 aromatic heterocycles. The van der Waals surface area contributed by atoms with Crippen molar-refractivity contribution >= 4 is 64.4 Å². The lowest BCUT2D eigenvalue weighted by atomic mass is 9.92. The third-order valence-corrected chi connectivity index (χ3v) is 7.72. The van der Waals surface area contributed by atoms with E-state index in [0.29, 0.717) is 46.1 Å². The van der Waals surface area contributed by atoms with Gasteiger partial charge in [-0.3, -0.25) is 4.90 Å². The molecule has 2 aliphatic heterocycles. The lowest BCUT2D eigenvalue weighted by Crippen LogP contribution is -2.41. The summed E-state index contributed by atoms with van der Waals surface area (Å²) in [4.78, 5) is 29.3. The van der Waals surface area contributed by atoms with E-state index in [9.17, 15) is 9.59 Å². The quantitative estimate of drug-likeness (QED) is 0.327. The molecule has 1 N–H and O–H groups in total. The number of rotatable bonds is 3. The Bertz CT molecular complexity index is 1490. The number of likely N-dealkylation sites (tertiary alicyclic amines) is 1. The number of carbonyl (C=O) groups excluding carboxylic acids is 2. The molecule has 3 amide bonds. The fourth-order valence-corrected chi connectivity index (χ4v) is 5.88. The fourth-order valence-electron chi connectivity index (χ4n) is 5.08. The van der Waals surface area contributed by atoms with Crippen molar-refractivity contribution in [3.8, 4) is 11.1 Å². The van der Waals surface area contributed by atoms with Crippen LogP contribution in [0.4, 0.5) is 21.0 Å². The second-order valence-corrected chi connectivity index (χ2v) is 12.1. The minimum absolute atomic E-state index is 0.316. The van der Waals surface area contributed by atoms with Crippen molar-refractivity contribution in [2.75, 3.05) is 18.0 Å². The van der Waals surface area contributed by atoms with Crippen LogP contribution in [0.5, 0.6) is 0 Å². The van der Waals surface area contributed by atoms with Gasteiger partial charge in [0.2, 0.25) is 0 Å². The van der Waals surface area contributed by atoms with Crippen LogP contribution in [0, 0.1) is 0 Å². The molecule has 208 valence electrons. The summed E-state index contributed by atoms with van der Waals surface area (Å²) in [6.07, 6.45) is 3.43. The number of hydrogen-bond acceptors (Lipinski definition) is 3. The van der Waals surface area contributed by atoms with Crippen LogP contribution in [0.25, 0.3) is 17.2 Å². The highest BCUT2D eigenvalue weighted by atomic mass is 35.5. The second kappa shape index (κ2) is 11.4. The summed E-state index contributed by atoms with van der Waals surface area (Å²) in [7, 11) is 0. The first-order chi connectivity index (χ1) is 19.0. The van der Waals surface area contributed by atoms with Gasteiger partial charge in [-0.2, -0.15) is 0 Å². The molecule has 0 spiro atoms. The molecule has 0 saturated carbocycles. The maximum Gasteiger partial charge on any atom is 0.410 e. The third-order valence-electron chi connectivity index (χ3n) is 6.78. The standard InChI is InChI=1S/C31H30Cl3N3O3/c1-31(2,3)40-30(39)36-13-7-8-19(18-36)14-20-15-22(21-9-4-5-10-24(21)32)23-17-35-29(38)37(27(23)16-20)28-25(33)11-6-12-26(28)34/h4-6,9-12,14-16H,7-8,13,17-18H2,1-3H3,(H,35,38)/b19-14+. The van der Waals surface area contributed by atoms with Gasteiger partial charge in [0, 0.05) is 35.8 Å². The summed E-state index contributed by atoms with van der Waals surface area (Å²) in [6.45, 7) is 7.01. The van der Waals surface area contributed by atoms with Gasteiger partial charge < -0.3 is 15.0 Å². The first-order valence-corrected chi connectivity index (χ1v) is 14.3. The number of fused-ring (bicyclic) bond motifs is 1. The van der Waals surface area contributed by atoms with E-state index in [1.165, 1.54) is 4.90 Å². The molecule has 40 heavy (non-hydrogen) atoms. The third kappa shape index (κ3) is 5.95. The van der Waals surface area contributed by atoms with Crippen LogP contribution < -0.4 is 10.2 Å². The Morgan fingerprint density at radius 2 is 1.68 bits per heavy atom. The van der Waals surface area contributed by atoms with Gasteiger partial charge in [-0.25, -0.2) is 9.59 Å². The fraction of sp³-hybridized carbons (Fsp3) is 0.290. The Kier molecular flexibility index (Phi) is 8.05. The minimum atomic E-state index is -0.565. The predicted octanol–water partition coefficient (Wildman–Crippen LogP) is 9.09. The first-order valence-electron chi connectivity index (χ1n) is 13.1. The lowest BCUT2D eigenvalue weighted by molar-refractivity contribution is 0.0247. The highest BCUT2D eigenvalue weighted by molar-refractivity contribution is 6.40. The smallest absolute Gasteiger partial charge is 0.410 e. The predicted molar refractivity (Wildman–Crippen MR) is 163 cm³/mol. The van der Waals surface area contributed by atoms with Gasteiger partial charge in [0.05, 0.1) is 21.4 Å². The average Bonchev–Trinajstić information content (AvgIpc) is 2.89. The summed E-state index contributed by atoms with van der Waals surface area (Å²) < 4.78 is 5.61. The highest BCUT2D eigenvalue weighted by Crippen LogP contribution is 2.45. The number of anilines is 2. The number of carbonyl (C=O) groups is 2. The van der Waals surface area contributed by atoms with Crippen LogP contribution in [0.2, 0.25) is 15.1 Å². The van der Waals surface area contributed by atoms with E-state index in [2.05, 4.69) is 17.5 Å². The van der Waals surface area contributed by atoms with E-state index in [4.69, 9.17) is 39.5 Å². The summed E-state index contributed by atoms with van der Waals surface area (Å²) >= 11 is 19.8. The largest absolute Gasteiger partial charge is 0.444 e. The molecule has 0 radical (unpaired) electrons.